The van der Waals surface area contributed by atoms with Crippen molar-refractivity contribution < 1.29 is 0 Å². The number of nitrogens with zero attached hydrogens (tertiary/aromatic N) is 2. The van der Waals surface area contributed by atoms with Crippen molar-refractivity contribution in [3.8, 4) is 0 Å². The van der Waals surface area contributed by atoms with Gasteiger partial charge in [-0.1, -0.05) is 58.1 Å². The van der Waals surface area contributed by atoms with Crippen LogP contribution in [-0.4, -0.2) is 35.0 Å². The molecule has 1 aliphatic rings. The standard InChI is InChI=1S/C24H39N5/c1-4-6-7-8-9-10-12-19-14-15-20(17-18(19)3)23(25)28-21(5-2)22-13-11-16-29(22)24(26)27/h14-15,17,22,25H,4-13,16H2,1-3H3,(H3,26,27)/b25-23?,28-21+/t22-/m0/s1. The molecule has 29 heavy (non-hydrogen) atoms. The summed E-state index contributed by atoms with van der Waals surface area (Å²) in [4.78, 5) is 6.57. The maximum Gasteiger partial charge on any atom is 0.188 e. The van der Waals surface area contributed by atoms with E-state index in [4.69, 9.17) is 16.6 Å². The van der Waals surface area contributed by atoms with Gasteiger partial charge in [0.05, 0.1) is 6.04 Å². The molecule has 0 aliphatic carbocycles. The number of aliphatic imine (C=N–C) groups is 1. The highest BCUT2D eigenvalue weighted by Crippen LogP contribution is 2.21. The molecule has 1 aliphatic heterocycles. The van der Waals surface area contributed by atoms with E-state index in [2.05, 4.69) is 37.9 Å². The molecule has 0 spiro atoms. The predicted octanol–water partition coefficient (Wildman–Crippen LogP) is 5.43. The monoisotopic (exact) mass is 397 g/mol. The number of aryl methyl sites for hydroxylation is 2. The number of nitrogens with one attached hydrogen (secondary N) is 2. The molecule has 0 radical (unpaired) electrons. The Hall–Kier alpha value is -2.17. The van der Waals surface area contributed by atoms with Crippen LogP contribution in [0.15, 0.2) is 23.2 Å². The van der Waals surface area contributed by atoms with Crippen molar-refractivity contribution in [3.63, 3.8) is 0 Å². The molecule has 0 saturated carbocycles. The second-order valence-corrected chi connectivity index (χ2v) is 8.20. The topological polar surface area (TPSA) is 89.3 Å². The molecule has 0 aromatic heterocycles. The number of hydrogen-bond acceptors (Lipinski definition) is 2. The fraction of sp³-hybridized carbons (Fsp3) is 0.625. The minimum Gasteiger partial charge on any atom is -0.370 e. The zero-order valence-electron chi connectivity index (χ0n) is 18.6. The van der Waals surface area contributed by atoms with Crippen molar-refractivity contribution in [2.45, 2.75) is 91.0 Å². The third-order valence-electron chi connectivity index (χ3n) is 5.98. The third-order valence-corrected chi connectivity index (χ3v) is 5.98. The molecular weight excluding hydrogens is 358 g/mol. The summed E-state index contributed by atoms with van der Waals surface area (Å²) in [6, 6.07) is 6.37. The zero-order valence-corrected chi connectivity index (χ0v) is 18.6. The Kier molecular flexibility index (Phi) is 9.36. The molecule has 2 rings (SSSR count). The second-order valence-electron chi connectivity index (χ2n) is 8.20. The van der Waals surface area contributed by atoms with Crippen LogP contribution >= 0.6 is 0 Å². The van der Waals surface area contributed by atoms with E-state index in [9.17, 15) is 0 Å². The Morgan fingerprint density at radius 3 is 2.52 bits per heavy atom. The van der Waals surface area contributed by atoms with Crippen LogP contribution in [0.2, 0.25) is 0 Å². The molecule has 5 nitrogen and oxygen atoms in total. The quantitative estimate of drug-likeness (QED) is 0.279. The normalized spacial score (nSPS) is 17.0. The lowest BCUT2D eigenvalue weighted by atomic mass is 9.98. The van der Waals surface area contributed by atoms with E-state index in [0.717, 1.165) is 43.5 Å². The van der Waals surface area contributed by atoms with Gasteiger partial charge in [-0.2, -0.15) is 0 Å². The van der Waals surface area contributed by atoms with Crippen LogP contribution in [0.3, 0.4) is 0 Å². The average molecular weight is 398 g/mol. The van der Waals surface area contributed by atoms with Crippen LogP contribution in [0.25, 0.3) is 0 Å². The van der Waals surface area contributed by atoms with Crippen molar-refractivity contribution in [2.24, 2.45) is 10.7 Å². The van der Waals surface area contributed by atoms with E-state index < -0.39 is 0 Å². The summed E-state index contributed by atoms with van der Waals surface area (Å²) in [7, 11) is 0. The number of rotatable bonds is 10. The second kappa shape index (κ2) is 11.7. The van der Waals surface area contributed by atoms with Crippen molar-refractivity contribution in [2.75, 3.05) is 6.54 Å². The van der Waals surface area contributed by atoms with Gasteiger partial charge < -0.3 is 10.6 Å². The molecule has 0 bridgehead atoms. The number of guanidine groups is 1. The first-order valence-electron chi connectivity index (χ1n) is 11.3. The maximum atomic E-state index is 8.51. The zero-order chi connectivity index (χ0) is 21.2. The van der Waals surface area contributed by atoms with E-state index in [1.807, 2.05) is 11.0 Å². The average Bonchev–Trinajstić information content (AvgIpc) is 3.19. The number of benzene rings is 1. The fourth-order valence-corrected chi connectivity index (χ4v) is 4.22. The van der Waals surface area contributed by atoms with Gasteiger partial charge in [0.1, 0.15) is 0 Å². The molecule has 0 amide bonds. The van der Waals surface area contributed by atoms with Gasteiger partial charge in [0.2, 0.25) is 0 Å². The summed E-state index contributed by atoms with van der Waals surface area (Å²) in [5.74, 6) is 0.418. The minimum atomic E-state index is 0.0610. The Balaban J connectivity index is 2.00. The van der Waals surface area contributed by atoms with Crippen molar-refractivity contribution in [1.29, 1.82) is 10.8 Å². The number of likely N-dealkylation sites (tertiary alicyclic amines) is 1. The van der Waals surface area contributed by atoms with Crippen molar-refractivity contribution in [3.05, 3.63) is 34.9 Å². The lowest BCUT2D eigenvalue weighted by molar-refractivity contribution is 0.455. The number of amidine groups is 1. The summed E-state index contributed by atoms with van der Waals surface area (Å²) < 4.78 is 0. The lowest BCUT2D eigenvalue weighted by Crippen LogP contribution is -2.44. The largest absolute Gasteiger partial charge is 0.370 e. The lowest BCUT2D eigenvalue weighted by Gasteiger charge is -2.25. The summed E-state index contributed by atoms with van der Waals surface area (Å²) in [5, 5.41) is 16.3. The van der Waals surface area contributed by atoms with E-state index in [-0.39, 0.29) is 12.0 Å². The highest BCUT2D eigenvalue weighted by atomic mass is 15.3. The minimum absolute atomic E-state index is 0.0610. The highest BCUT2D eigenvalue weighted by molar-refractivity contribution is 6.07. The summed E-state index contributed by atoms with van der Waals surface area (Å²) in [6.45, 7) is 7.27. The van der Waals surface area contributed by atoms with Crippen LogP contribution in [-0.2, 0) is 6.42 Å². The van der Waals surface area contributed by atoms with E-state index in [1.54, 1.807) is 0 Å². The Morgan fingerprint density at radius 1 is 1.14 bits per heavy atom. The molecule has 4 N–H and O–H groups in total. The molecule has 1 atom stereocenters. The van der Waals surface area contributed by atoms with Gasteiger partial charge in [-0.15, -0.1) is 0 Å². The molecule has 1 aromatic carbocycles. The van der Waals surface area contributed by atoms with Crippen LogP contribution in [0.5, 0.6) is 0 Å². The van der Waals surface area contributed by atoms with Crippen LogP contribution in [0, 0.1) is 17.7 Å². The van der Waals surface area contributed by atoms with Crippen LogP contribution in [0.4, 0.5) is 0 Å². The predicted molar refractivity (Wildman–Crippen MR) is 124 cm³/mol. The van der Waals surface area contributed by atoms with Gasteiger partial charge in [0, 0.05) is 17.8 Å². The van der Waals surface area contributed by atoms with E-state index in [1.165, 1.54) is 49.7 Å². The van der Waals surface area contributed by atoms with Gasteiger partial charge in [-0.25, -0.2) is 4.99 Å². The first-order chi connectivity index (χ1) is 14.0. The Morgan fingerprint density at radius 2 is 1.86 bits per heavy atom. The first kappa shape index (κ1) is 23.1. The third kappa shape index (κ3) is 6.69. The first-order valence-corrected chi connectivity index (χ1v) is 11.3. The van der Waals surface area contributed by atoms with E-state index >= 15 is 0 Å². The Labute approximate surface area is 176 Å². The molecular formula is C24H39N5. The summed E-state index contributed by atoms with van der Waals surface area (Å²) in [6.07, 6.45) is 11.7. The number of unbranched alkanes of at least 4 members (excludes halogenated alkanes) is 5. The molecule has 1 fully saturated rings. The van der Waals surface area contributed by atoms with E-state index in [0.29, 0.717) is 5.84 Å². The van der Waals surface area contributed by atoms with Gasteiger partial charge in [0.25, 0.3) is 0 Å². The highest BCUT2D eigenvalue weighted by Gasteiger charge is 2.29. The molecule has 1 heterocycles. The SMILES string of the molecule is CCCCCCCCc1ccc(C(=N)/N=C(\CC)[C@@H]2CCCN2C(=N)N)cc1C. The van der Waals surface area contributed by atoms with Crippen molar-refractivity contribution >= 4 is 17.5 Å². The summed E-state index contributed by atoms with van der Waals surface area (Å²) in [5.41, 5.74) is 10.2. The Bertz CT molecular complexity index is 722. The number of nitrogens with two attached hydrogens (primary N) is 1. The molecule has 0 unspecified atom stereocenters. The van der Waals surface area contributed by atoms with Crippen molar-refractivity contribution in [1.82, 2.24) is 4.90 Å². The molecule has 1 saturated heterocycles. The smallest absolute Gasteiger partial charge is 0.188 e. The molecule has 1 aromatic rings. The van der Waals surface area contributed by atoms with Gasteiger partial charge in [-0.05, 0) is 56.2 Å². The molecule has 5 heteroatoms. The van der Waals surface area contributed by atoms with Crippen LogP contribution in [0.1, 0.15) is 88.3 Å². The summed E-state index contributed by atoms with van der Waals surface area (Å²) >= 11 is 0. The van der Waals surface area contributed by atoms with Gasteiger partial charge >= 0.3 is 0 Å². The van der Waals surface area contributed by atoms with Gasteiger partial charge in [-0.3, -0.25) is 10.8 Å². The fourth-order valence-electron chi connectivity index (χ4n) is 4.22. The molecule has 160 valence electrons. The van der Waals surface area contributed by atoms with Gasteiger partial charge in [0.15, 0.2) is 11.8 Å². The van der Waals surface area contributed by atoms with Crippen LogP contribution < -0.4 is 5.73 Å². The maximum absolute atomic E-state index is 8.51. The number of hydrogen-bond donors (Lipinski definition) is 3.